The van der Waals surface area contributed by atoms with Gasteiger partial charge in [0.05, 0.1) is 24.8 Å². The number of ether oxygens (including phenoxy) is 1. The molecule has 0 aliphatic carbocycles. The number of hydrogen-bond acceptors (Lipinski definition) is 5. The van der Waals surface area contributed by atoms with Crippen LogP contribution in [0.5, 0.6) is 0 Å². The summed E-state index contributed by atoms with van der Waals surface area (Å²) in [5.41, 5.74) is 1.78. The van der Waals surface area contributed by atoms with E-state index >= 15 is 0 Å². The van der Waals surface area contributed by atoms with E-state index in [1.54, 1.807) is 4.90 Å². The maximum atomic E-state index is 12.4. The molecule has 22 heavy (non-hydrogen) atoms. The zero-order valence-corrected chi connectivity index (χ0v) is 13.2. The number of carboxylic acids is 1. The van der Waals surface area contributed by atoms with Gasteiger partial charge in [-0.2, -0.15) is 0 Å². The molecule has 1 aromatic rings. The Bertz CT molecular complexity index is 535. The molecule has 1 fully saturated rings. The van der Waals surface area contributed by atoms with Gasteiger partial charge in [-0.25, -0.2) is 0 Å². The maximum absolute atomic E-state index is 12.4. The predicted molar refractivity (Wildman–Crippen MR) is 77.6 cm³/mol. The van der Waals surface area contributed by atoms with Crippen LogP contribution in [-0.4, -0.2) is 52.8 Å². The number of aliphatic carboxylic acids is 1. The zero-order valence-electron chi connectivity index (χ0n) is 13.2. The molecular formula is C15H22N2O5. The lowest BCUT2D eigenvalue weighted by molar-refractivity contribution is -0.147. The van der Waals surface area contributed by atoms with Gasteiger partial charge in [0.1, 0.15) is 5.76 Å². The van der Waals surface area contributed by atoms with Gasteiger partial charge < -0.3 is 19.3 Å². The Kier molecular flexibility index (Phi) is 5.18. The van der Waals surface area contributed by atoms with Gasteiger partial charge >= 0.3 is 5.97 Å². The van der Waals surface area contributed by atoms with E-state index in [2.05, 4.69) is 5.16 Å². The molecule has 1 aliphatic heterocycles. The fraction of sp³-hybridized carbons (Fsp3) is 0.667. The predicted octanol–water partition coefficient (Wildman–Crippen LogP) is 1.49. The van der Waals surface area contributed by atoms with E-state index in [0.717, 1.165) is 17.0 Å². The third-order valence-electron chi connectivity index (χ3n) is 3.96. The van der Waals surface area contributed by atoms with Crippen LogP contribution in [-0.2, 0) is 14.3 Å². The van der Waals surface area contributed by atoms with Crippen molar-refractivity contribution in [3.05, 3.63) is 17.0 Å². The lowest BCUT2D eigenvalue weighted by Gasteiger charge is -2.33. The van der Waals surface area contributed by atoms with Crippen LogP contribution in [0.25, 0.3) is 0 Å². The summed E-state index contributed by atoms with van der Waals surface area (Å²) in [6.07, 6.45) is -0.157. The Labute approximate surface area is 129 Å². The molecule has 2 unspecified atom stereocenters. The summed E-state index contributed by atoms with van der Waals surface area (Å²) in [6, 6.07) is 0. The minimum Gasteiger partial charge on any atom is -0.481 e. The second kappa shape index (κ2) is 6.91. The Balaban J connectivity index is 1.95. The average molecular weight is 310 g/mol. The van der Waals surface area contributed by atoms with E-state index in [1.165, 1.54) is 0 Å². The second-order valence-electron chi connectivity index (χ2n) is 5.77. The highest BCUT2D eigenvalue weighted by atomic mass is 16.5. The molecule has 1 N–H and O–H groups in total. The third kappa shape index (κ3) is 3.85. The average Bonchev–Trinajstić information content (AvgIpc) is 2.77. The van der Waals surface area contributed by atoms with Gasteiger partial charge in [-0.3, -0.25) is 9.59 Å². The summed E-state index contributed by atoms with van der Waals surface area (Å²) in [7, 11) is 0. The smallest absolute Gasteiger partial charge is 0.306 e. The van der Waals surface area contributed by atoms with Crippen LogP contribution < -0.4 is 0 Å². The van der Waals surface area contributed by atoms with Crippen LogP contribution in [0, 0.1) is 13.8 Å². The molecule has 2 heterocycles. The quantitative estimate of drug-likeness (QED) is 0.885. The van der Waals surface area contributed by atoms with E-state index in [0.29, 0.717) is 26.1 Å². The molecule has 1 aliphatic rings. The normalized spacial score (nSPS) is 20.0. The van der Waals surface area contributed by atoms with Gasteiger partial charge in [0, 0.05) is 25.1 Å². The minimum absolute atomic E-state index is 0.00573. The van der Waals surface area contributed by atoms with Gasteiger partial charge in [-0.1, -0.05) is 12.1 Å². The molecule has 7 heteroatoms. The Morgan fingerprint density at radius 1 is 1.45 bits per heavy atom. The molecule has 1 amide bonds. The lowest BCUT2D eigenvalue weighted by Crippen LogP contribution is -2.46. The second-order valence-corrected chi connectivity index (χ2v) is 5.77. The maximum Gasteiger partial charge on any atom is 0.306 e. The van der Waals surface area contributed by atoms with Crippen molar-refractivity contribution >= 4 is 11.9 Å². The van der Waals surface area contributed by atoms with Crippen molar-refractivity contribution in [3.8, 4) is 0 Å². The first kappa shape index (κ1) is 16.5. The number of aryl methyl sites for hydroxylation is 2. The number of aromatic nitrogens is 1. The Hall–Kier alpha value is -1.89. The Morgan fingerprint density at radius 3 is 2.77 bits per heavy atom. The van der Waals surface area contributed by atoms with Crippen LogP contribution in [0.3, 0.4) is 0 Å². The van der Waals surface area contributed by atoms with Crippen molar-refractivity contribution < 1.29 is 24.0 Å². The minimum atomic E-state index is -0.914. The molecule has 0 aromatic carbocycles. The van der Waals surface area contributed by atoms with Gasteiger partial charge in [-0.05, 0) is 19.8 Å². The van der Waals surface area contributed by atoms with Crippen molar-refractivity contribution in [2.45, 2.75) is 45.6 Å². The zero-order chi connectivity index (χ0) is 16.3. The summed E-state index contributed by atoms with van der Waals surface area (Å²) in [6.45, 7) is 6.89. The van der Waals surface area contributed by atoms with Crippen LogP contribution in [0.1, 0.15) is 42.7 Å². The highest BCUT2D eigenvalue weighted by Crippen LogP contribution is 2.26. The van der Waals surface area contributed by atoms with E-state index in [1.807, 2.05) is 20.8 Å². The number of carbonyl (C=O) groups excluding carboxylic acids is 1. The van der Waals surface area contributed by atoms with Crippen molar-refractivity contribution in [2.24, 2.45) is 0 Å². The first-order valence-electron chi connectivity index (χ1n) is 7.42. The highest BCUT2D eigenvalue weighted by Gasteiger charge is 2.28. The SMILES string of the molecule is Cc1noc(C)c1C(C)CC(=O)N1CCOC(CC(=O)O)C1. The summed E-state index contributed by atoms with van der Waals surface area (Å²) in [4.78, 5) is 24.9. The first-order valence-corrected chi connectivity index (χ1v) is 7.42. The number of carboxylic acid groups (broad SMARTS) is 1. The molecule has 0 radical (unpaired) electrons. The van der Waals surface area contributed by atoms with Crippen molar-refractivity contribution in [1.29, 1.82) is 0 Å². The molecule has 2 rings (SSSR count). The molecule has 7 nitrogen and oxygen atoms in total. The van der Waals surface area contributed by atoms with Crippen molar-refractivity contribution in [2.75, 3.05) is 19.7 Å². The van der Waals surface area contributed by atoms with E-state index in [-0.39, 0.29) is 18.2 Å². The van der Waals surface area contributed by atoms with E-state index < -0.39 is 12.1 Å². The number of amides is 1. The van der Waals surface area contributed by atoms with Crippen LogP contribution in [0.15, 0.2) is 4.52 Å². The molecule has 0 spiro atoms. The first-order chi connectivity index (χ1) is 10.4. The topological polar surface area (TPSA) is 92.9 Å². The van der Waals surface area contributed by atoms with Gasteiger partial charge in [0.15, 0.2) is 0 Å². The van der Waals surface area contributed by atoms with Gasteiger partial charge in [-0.15, -0.1) is 0 Å². The monoisotopic (exact) mass is 310 g/mol. The number of hydrogen-bond donors (Lipinski definition) is 1. The third-order valence-corrected chi connectivity index (χ3v) is 3.96. The molecule has 0 saturated carbocycles. The molecule has 1 aromatic heterocycles. The number of carbonyl (C=O) groups is 2. The summed E-state index contributed by atoms with van der Waals surface area (Å²) in [5.74, 6) is -0.155. The van der Waals surface area contributed by atoms with Crippen LogP contribution >= 0.6 is 0 Å². The van der Waals surface area contributed by atoms with Gasteiger partial charge in [0.2, 0.25) is 5.91 Å². The molecular weight excluding hydrogens is 288 g/mol. The molecule has 2 atom stereocenters. The fourth-order valence-electron chi connectivity index (χ4n) is 2.95. The molecule has 1 saturated heterocycles. The number of nitrogens with zero attached hydrogens (tertiary/aromatic N) is 2. The standard InChI is InChI=1S/C15H22N2O5/c1-9(15-10(2)16-22-11(15)3)6-13(18)17-4-5-21-12(8-17)7-14(19)20/h9,12H,4-8H2,1-3H3,(H,19,20). The number of rotatable bonds is 5. The highest BCUT2D eigenvalue weighted by molar-refractivity contribution is 5.77. The fourth-order valence-corrected chi connectivity index (χ4v) is 2.95. The number of morpholine rings is 1. The summed E-state index contributed by atoms with van der Waals surface area (Å²) < 4.78 is 10.5. The largest absolute Gasteiger partial charge is 0.481 e. The van der Waals surface area contributed by atoms with Crippen molar-refractivity contribution in [1.82, 2.24) is 10.1 Å². The lowest BCUT2D eigenvalue weighted by atomic mass is 9.95. The summed E-state index contributed by atoms with van der Waals surface area (Å²) in [5, 5.41) is 12.7. The summed E-state index contributed by atoms with van der Waals surface area (Å²) >= 11 is 0. The Morgan fingerprint density at radius 2 is 2.18 bits per heavy atom. The molecule has 0 bridgehead atoms. The van der Waals surface area contributed by atoms with Crippen molar-refractivity contribution in [3.63, 3.8) is 0 Å². The van der Waals surface area contributed by atoms with Gasteiger partial charge in [0.25, 0.3) is 0 Å². The van der Waals surface area contributed by atoms with Crippen LogP contribution in [0.2, 0.25) is 0 Å². The van der Waals surface area contributed by atoms with Crippen LogP contribution in [0.4, 0.5) is 0 Å². The molecule has 122 valence electrons. The van der Waals surface area contributed by atoms with E-state index in [9.17, 15) is 9.59 Å². The van der Waals surface area contributed by atoms with E-state index in [4.69, 9.17) is 14.4 Å².